The second kappa shape index (κ2) is 4.95. The number of nitriles is 2. The topological polar surface area (TPSA) is 73.4 Å². The SMILES string of the molecule is N#Cc1ccc(C(Br)(C#N)c2cnccn2)cc1. The highest BCUT2D eigenvalue weighted by Crippen LogP contribution is 2.36. The van der Waals surface area contributed by atoms with Crippen molar-refractivity contribution < 1.29 is 0 Å². The molecule has 1 unspecified atom stereocenters. The van der Waals surface area contributed by atoms with Gasteiger partial charge in [0.15, 0.2) is 4.32 Å². The van der Waals surface area contributed by atoms with Crippen molar-refractivity contribution in [3.63, 3.8) is 0 Å². The fraction of sp³-hybridized carbons (Fsp3) is 0.0769. The van der Waals surface area contributed by atoms with Crippen molar-refractivity contribution in [2.75, 3.05) is 0 Å². The molecular weight excluding hydrogens is 292 g/mol. The van der Waals surface area contributed by atoms with Crippen LogP contribution in [-0.2, 0) is 4.32 Å². The monoisotopic (exact) mass is 298 g/mol. The van der Waals surface area contributed by atoms with E-state index in [0.717, 1.165) is 0 Å². The quantitative estimate of drug-likeness (QED) is 0.799. The molecule has 1 aromatic heterocycles. The highest BCUT2D eigenvalue weighted by Gasteiger charge is 2.33. The number of hydrogen-bond donors (Lipinski definition) is 0. The lowest BCUT2D eigenvalue weighted by atomic mass is 9.96. The highest BCUT2D eigenvalue weighted by molar-refractivity contribution is 9.10. The van der Waals surface area contributed by atoms with Gasteiger partial charge in [0, 0.05) is 12.4 Å². The van der Waals surface area contributed by atoms with Crippen molar-refractivity contribution >= 4 is 15.9 Å². The molecule has 2 rings (SSSR count). The van der Waals surface area contributed by atoms with Crippen molar-refractivity contribution in [1.29, 1.82) is 10.5 Å². The van der Waals surface area contributed by atoms with E-state index in [4.69, 9.17) is 5.26 Å². The molecule has 1 aromatic carbocycles. The predicted molar refractivity (Wildman–Crippen MR) is 68.5 cm³/mol. The lowest BCUT2D eigenvalue weighted by Crippen LogP contribution is -2.19. The second-order valence-corrected chi connectivity index (χ2v) is 4.74. The van der Waals surface area contributed by atoms with Gasteiger partial charge in [0.05, 0.1) is 29.6 Å². The summed E-state index contributed by atoms with van der Waals surface area (Å²) in [5.74, 6) is 0. The van der Waals surface area contributed by atoms with E-state index in [1.54, 1.807) is 30.5 Å². The van der Waals surface area contributed by atoms with Crippen LogP contribution in [0.2, 0.25) is 0 Å². The first-order valence-corrected chi connectivity index (χ1v) is 5.87. The predicted octanol–water partition coefficient (Wildman–Crippen LogP) is 2.51. The van der Waals surface area contributed by atoms with Crippen molar-refractivity contribution in [3.05, 3.63) is 59.7 Å². The number of hydrogen-bond acceptors (Lipinski definition) is 4. The van der Waals surface area contributed by atoms with Crippen LogP contribution in [0.25, 0.3) is 0 Å². The van der Waals surface area contributed by atoms with Crippen LogP contribution in [0, 0.1) is 22.7 Å². The summed E-state index contributed by atoms with van der Waals surface area (Å²) in [7, 11) is 0. The zero-order valence-electron chi connectivity index (χ0n) is 9.21. The van der Waals surface area contributed by atoms with Crippen LogP contribution in [-0.4, -0.2) is 9.97 Å². The van der Waals surface area contributed by atoms with E-state index in [2.05, 4.69) is 32.0 Å². The van der Waals surface area contributed by atoms with Gasteiger partial charge in [-0.1, -0.05) is 28.1 Å². The number of rotatable bonds is 2. The molecular formula is C13H7BrN4. The van der Waals surface area contributed by atoms with E-state index in [1.165, 1.54) is 12.4 Å². The average Bonchev–Trinajstić information content (AvgIpc) is 2.47. The standard InChI is InChI=1S/C13H7BrN4/c14-13(9-16,12-8-17-5-6-18-12)11-3-1-10(7-15)2-4-11/h1-6,8H. The average molecular weight is 299 g/mol. The van der Waals surface area contributed by atoms with Crippen LogP contribution >= 0.6 is 15.9 Å². The second-order valence-electron chi connectivity index (χ2n) is 3.55. The van der Waals surface area contributed by atoms with Crippen LogP contribution in [0.15, 0.2) is 42.9 Å². The maximum atomic E-state index is 9.39. The third kappa shape index (κ3) is 2.09. The van der Waals surface area contributed by atoms with Crippen LogP contribution in [0.5, 0.6) is 0 Å². The fourth-order valence-corrected chi connectivity index (χ4v) is 1.99. The van der Waals surface area contributed by atoms with E-state index in [-0.39, 0.29) is 0 Å². The molecule has 0 radical (unpaired) electrons. The van der Waals surface area contributed by atoms with Gasteiger partial charge in [-0.15, -0.1) is 0 Å². The van der Waals surface area contributed by atoms with E-state index < -0.39 is 4.32 Å². The third-order valence-corrected chi connectivity index (χ3v) is 3.52. The summed E-state index contributed by atoms with van der Waals surface area (Å²) in [5, 5.41) is 18.1. The number of nitrogens with zero attached hydrogens (tertiary/aromatic N) is 4. The van der Waals surface area contributed by atoms with Gasteiger partial charge in [-0.05, 0) is 17.7 Å². The van der Waals surface area contributed by atoms with Crippen molar-refractivity contribution in [1.82, 2.24) is 9.97 Å². The summed E-state index contributed by atoms with van der Waals surface area (Å²) in [5.41, 5.74) is 1.77. The van der Waals surface area contributed by atoms with E-state index in [1.807, 2.05) is 6.07 Å². The molecule has 1 heterocycles. The number of aromatic nitrogens is 2. The summed E-state index contributed by atoms with van der Waals surface area (Å²) in [6, 6.07) is 11.0. The Bertz CT molecular complexity index is 625. The first-order chi connectivity index (χ1) is 8.70. The summed E-state index contributed by atoms with van der Waals surface area (Å²) >= 11 is 3.40. The Balaban J connectivity index is 2.51. The van der Waals surface area contributed by atoms with E-state index in [9.17, 15) is 5.26 Å². The van der Waals surface area contributed by atoms with Gasteiger partial charge in [0.1, 0.15) is 0 Å². The Labute approximate surface area is 113 Å². The van der Waals surface area contributed by atoms with Gasteiger partial charge in [-0.2, -0.15) is 10.5 Å². The first-order valence-electron chi connectivity index (χ1n) is 5.08. The summed E-state index contributed by atoms with van der Waals surface area (Å²) in [6.07, 6.45) is 4.62. The van der Waals surface area contributed by atoms with Crippen molar-refractivity contribution in [2.24, 2.45) is 0 Å². The molecule has 0 amide bonds. The normalized spacial score (nSPS) is 13.1. The highest BCUT2D eigenvalue weighted by atomic mass is 79.9. The Morgan fingerprint density at radius 1 is 1.11 bits per heavy atom. The maximum Gasteiger partial charge on any atom is 0.180 e. The van der Waals surface area contributed by atoms with Crippen LogP contribution in [0.3, 0.4) is 0 Å². The van der Waals surface area contributed by atoms with Gasteiger partial charge >= 0.3 is 0 Å². The molecule has 0 bridgehead atoms. The van der Waals surface area contributed by atoms with E-state index in [0.29, 0.717) is 16.8 Å². The maximum absolute atomic E-state index is 9.39. The molecule has 1 atom stereocenters. The molecule has 0 aliphatic carbocycles. The Morgan fingerprint density at radius 2 is 1.83 bits per heavy atom. The molecule has 4 nitrogen and oxygen atoms in total. The van der Waals surface area contributed by atoms with Gasteiger partial charge in [-0.3, -0.25) is 9.97 Å². The first kappa shape index (κ1) is 12.2. The molecule has 2 aromatic rings. The number of alkyl halides is 1. The minimum atomic E-state index is -1.05. The van der Waals surface area contributed by atoms with Gasteiger partial charge < -0.3 is 0 Å². The summed E-state index contributed by atoms with van der Waals surface area (Å²) in [4.78, 5) is 8.11. The molecule has 18 heavy (non-hydrogen) atoms. The Morgan fingerprint density at radius 3 is 2.33 bits per heavy atom. The number of halogens is 1. The van der Waals surface area contributed by atoms with Crippen LogP contribution < -0.4 is 0 Å². The molecule has 0 saturated carbocycles. The van der Waals surface area contributed by atoms with E-state index >= 15 is 0 Å². The summed E-state index contributed by atoms with van der Waals surface area (Å²) in [6.45, 7) is 0. The zero-order valence-corrected chi connectivity index (χ0v) is 10.8. The lowest BCUT2D eigenvalue weighted by molar-refractivity contribution is 0.896. The molecule has 0 N–H and O–H groups in total. The summed E-state index contributed by atoms with van der Waals surface area (Å²) < 4.78 is -1.05. The Kier molecular flexibility index (Phi) is 3.36. The molecule has 86 valence electrons. The van der Waals surface area contributed by atoms with Crippen LogP contribution in [0.4, 0.5) is 0 Å². The molecule has 0 aliphatic rings. The fourth-order valence-electron chi connectivity index (χ4n) is 1.52. The molecule has 0 fully saturated rings. The molecule has 0 spiro atoms. The zero-order chi connectivity index (χ0) is 13.0. The van der Waals surface area contributed by atoms with Gasteiger partial charge in [0.2, 0.25) is 0 Å². The smallest absolute Gasteiger partial charge is 0.180 e. The largest absolute Gasteiger partial charge is 0.261 e. The molecule has 0 aliphatic heterocycles. The molecule has 0 saturated heterocycles. The van der Waals surface area contributed by atoms with Gasteiger partial charge in [-0.25, -0.2) is 0 Å². The lowest BCUT2D eigenvalue weighted by Gasteiger charge is -2.18. The van der Waals surface area contributed by atoms with Crippen molar-refractivity contribution in [2.45, 2.75) is 4.32 Å². The molecule has 5 heteroatoms. The minimum absolute atomic E-state index is 0.511. The van der Waals surface area contributed by atoms with Gasteiger partial charge in [0.25, 0.3) is 0 Å². The van der Waals surface area contributed by atoms with Crippen molar-refractivity contribution in [3.8, 4) is 12.1 Å². The Hall–Kier alpha value is -2.24. The minimum Gasteiger partial charge on any atom is -0.261 e. The number of benzene rings is 1. The third-order valence-electron chi connectivity index (χ3n) is 2.48. The van der Waals surface area contributed by atoms with Crippen LogP contribution in [0.1, 0.15) is 16.8 Å².